The minimum Gasteiger partial charge on any atom is -0.309 e. The molecular weight excluding hydrogens is 687 g/mol. The molecule has 0 atom stereocenters. The first kappa shape index (κ1) is 30.8. The number of benzene rings is 8. The number of hydrogen-bond donors (Lipinski definition) is 0. The van der Waals surface area contributed by atoms with Crippen molar-refractivity contribution in [2.45, 2.75) is 19.3 Å². The normalized spacial score (nSPS) is 13.4. The molecule has 3 nitrogen and oxygen atoms in total. The maximum atomic E-state index is 5.37. The van der Waals surface area contributed by atoms with Gasteiger partial charge in [0, 0.05) is 42.8 Å². The number of aromatic nitrogens is 3. The highest BCUT2D eigenvalue weighted by molar-refractivity contribution is 7.26. The van der Waals surface area contributed by atoms with Gasteiger partial charge < -0.3 is 4.57 Å². The lowest BCUT2D eigenvalue weighted by Gasteiger charge is -2.23. The second-order valence-electron chi connectivity index (χ2n) is 15.3. The molecule has 55 heavy (non-hydrogen) atoms. The Hall–Kier alpha value is -6.62. The van der Waals surface area contributed by atoms with Crippen molar-refractivity contribution in [3.63, 3.8) is 0 Å². The Morgan fingerprint density at radius 3 is 2.05 bits per heavy atom. The minimum atomic E-state index is -0.162. The van der Waals surface area contributed by atoms with Gasteiger partial charge in [-0.3, -0.25) is 0 Å². The molecule has 0 aliphatic heterocycles. The number of para-hydroxylation sites is 1. The van der Waals surface area contributed by atoms with E-state index in [-0.39, 0.29) is 5.41 Å². The van der Waals surface area contributed by atoms with Crippen LogP contribution in [0.5, 0.6) is 0 Å². The van der Waals surface area contributed by atoms with Gasteiger partial charge in [-0.1, -0.05) is 141 Å². The van der Waals surface area contributed by atoms with Crippen LogP contribution in [-0.2, 0) is 5.41 Å². The largest absolute Gasteiger partial charge is 0.309 e. The van der Waals surface area contributed by atoms with Gasteiger partial charge in [0.25, 0.3) is 0 Å². The summed E-state index contributed by atoms with van der Waals surface area (Å²) in [5, 5.41) is 8.61. The lowest BCUT2D eigenvalue weighted by molar-refractivity contribution is 0.667. The van der Waals surface area contributed by atoms with Crippen LogP contribution < -0.4 is 0 Å². The molecule has 0 saturated heterocycles. The molecule has 0 N–H and O–H groups in total. The number of fused-ring (bicyclic) bond motifs is 12. The lowest BCUT2D eigenvalue weighted by atomic mass is 9.80. The third kappa shape index (κ3) is 4.26. The fourth-order valence-corrected chi connectivity index (χ4v) is 10.6. The van der Waals surface area contributed by atoms with Gasteiger partial charge in [-0.15, -0.1) is 11.3 Å². The van der Waals surface area contributed by atoms with Crippen LogP contribution in [0.4, 0.5) is 0 Å². The molecule has 0 unspecified atom stereocenters. The molecule has 0 fully saturated rings. The average molecular weight is 720 g/mol. The quantitative estimate of drug-likeness (QED) is 0.182. The van der Waals surface area contributed by atoms with E-state index in [4.69, 9.17) is 9.97 Å². The molecule has 11 aromatic rings. The molecular formula is C51H33N3S. The van der Waals surface area contributed by atoms with Crippen molar-refractivity contribution in [1.82, 2.24) is 14.5 Å². The average Bonchev–Trinajstić information content (AvgIpc) is 3.85. The Kier molecular flexibility index (Phi) is 6.27. The molecule has 1 aliphatic rings. The highest BCUT2D eigenvalue weighted by atomic mass is 32.1. The Balaban J connectivity index is 1.12. The highest BCUT2D eigenvalue weighted by Gasteiger charge is 2.38. The van der Waals surface area contributed by atoms with E-state index in [1.807, 2.05) is 0 Å². The zero-order chi connectivity index (χ0) is 36.4. The van der Waals surface area contributed by atoms with Crippen molar-refractivity contribution in [3.05, 3.63) is 175 Å². The van der Waals surface area contributed by atoms with Gasteiger partial charge in [-0.2, -0.15) is 0 Å². The van der Waals surface area contributed by atoms with Crippen molar-refractivity contribution < 1.29 is 0 Å². The van der Waals surface area contributed by atoms with Crippen molar-refractivity contribution >= 4 is 75.0 Å². The lowest BCUT2D eigenvalue weighted by Crippen LogP contribution is -2.15. The summed E-state index contributed by atoms with van der Waals surface area (Å²) >= 11 is 1.77. The fourth-order valence-electron chi connectivity index (χ4n) is 9.49. The standard InChI is InChI=1S/C51H33N3S/c1-51(2)41-29-44-40(28-39(41)36-25-24-30-14-6-7-17-32(30)46(36)51)35-20-10-12-22-42(35)54(44)43-27-26-37(33-18-8-9-19-34(33)43)50-52-47(31-15-4-3-5-16-31)49-48(53-50)38-21-11-13-23-45(38)55-49/h3-29H,1-2H3. The van der Waals surface area contributed by atoms with Crippen LogP contribution in [0.2, 0.25) is 0 Å². The van der Waals surface area contributed by atoms with Gasteiger partial charge in [0.1, 0.15) is 0 Å². The summed E-state index contributed by atoms with van der Waals surface area (Å²) in [6, 6.07) is 59.6. The predicted octanol–water partition coefficient (Wildman–Crippen LogP) is 13.9. The number of rotatable bonds is 3. The second kappa shape index (κ2) is 11.2. The highest BCUT2D eigenvalue weighted by Crippen LogP contribution is 2.53. The van der Waals surface area contributed by atoms with E-state index in [1.165, 1.54) is 64.9 Å². The molecule has 0 saturated carbocycles. The van der Waals surface area contributed by atoms with E-state index in [0.29, 0.717) is 0 Å². The van der Waals surface area contributed by atoms with E-state index < -0.39 is 0 Å². The monoisotopic (exact) mass is 719 g/mol. The molecule has 4 heteroatoms. The van der Waals surface area contributed by atoms with Crippen molar-refractivity contribution in [2.24, 2.45) is 0 Å². The molecule has 0 spiro atoms. The first-order valence-electron chi connectivity index (χ1n) is 18.9. The third-order valence-electron chi connectivity index (χ3n) is 12.0. The topological polar surface area (TPSA) is 30.7 Å². The Morgan fingerprint density at radius 1 is 0.509 bits per heavy atom. The summed E-state index contributed by atoms with van der Waals surface area (Å²) in [5.41, 5.74) is 13.0. The molecule has 258 valence electrons. The summed E-state index contributed by atoms with van der Waals surface area (Å²) in [4.78, 5) is 10.7. The van der Waals surface area contributed by atoms with E-state index in [9.17, 15) is 0 Å². The van der Waals surface area contributed by atoms with Gasteiger partial charge in [-0.05, 0) is 74.8 Å². The molecule has 3 heterocycles. The number of hydrogen-bond acceptors (Lipinski definition) is 3. The summed E-state index contributed by atoms with van der Waals surface area (Å²) in [7, 11) is 0. The Labute approximate surface area is 321 Å². The number of nitrogens with zero attached hydrogens (tertiary/aromatic N) is 3. The fraction of sp³-hybridized carbons (Fsp3) is 0.0588. The predicted molar refractivity (Wildman–Crippen MR) is 233 cm³/mol. The smallest absolute Gasteiger partial charge is 0.161 e. The van der Waals surface area contributed by atoms with Crippen LogP contribution in [0.3, 0.4) is 0 Å². The van der Waals surface area contributed by atoms with Crippen LogP contribution in [0, 0.1) is 0 Å². The van der Waals surface area contributed by atoms with Crippen LogP contribution in [-0.4, -0.2) is 14.5 Å². The third-order valence-corrected chi connectivity index (χ3v) is 13.1. The number of thiophene rings is 1. The minimum absolute atomic E-state index is 0.162. The Morgan fingerprint density at radius 2 is 1.20 bits per heavy atom. The molecule has 0 amide bonds. The molecule has 0 radical (unpaired) electrons. The van der Waals surface area contributed by atoms with Crippen LogP contribution in [0.15, 0.2) is 164 Å². The molecule has 3 aromatic heterocycles. The maximum Gasteiger partial charge on any atom is 0.161 e. The van der Waals surface area contributed by atoms with Crippen LogP contribution >= 0.6 is 11.3 Å². The molecule has 12 rings (SSSR count). The van der Waals surface area contributed by atoms with E-state index in [0.717, 1.165) is 49.3 Å². The van der Waals surface area contributed by atoms with Gasteiger partial charge in [0.15, 0.2) is 5.82 Å². The second-order valence-corrected chi connectivity index (χ2v) is 16.4. The molecule has 1 aliphatic carbocycles. The van der Waals surface area contributed by atoms with Crippen LogP contribution in [0.25, 0.3) is 103 Å². The van der Waals surface area contributed by atoms with Crippen molar-refractivity contribution in [2.75, 3.05) is 0 Å². The van der Waals surface area contributed by atoms with Gasteiger partial charge in [0.2, 0.25) is 0 Å². The van der Waals surface area contributed by atoms with Gasteiger partial charge in [0.05, 0.1) is 32.6 Å². The first-order chi connectivity index (χ1) is 27.0. The zero-order valence-corrected chi connectivity index (χ0v) is 31.2. The summed E-state index contributed by atoms with van der Waals surface area (Å²) in [6.45, 7) is 4.79. The Bertz CT molecular complexity index is 3400. The maximum absolute atomic E-state index is 5.37. The van der Waals surface area contributed by atoms with Gasteiger partial charge >= 0.3 is 0 Å². The van der Waals surface area contributed by atoms with Gasteiger partial charge in [-0.25, -0.2) is 9.97 Å². The summed E-state index contributed by atoms with van der Waals surface area (Å²) in [5.74, 6) is 0.740. The first-order valence-corrected chi connectivity index (χ1v) is 19.7. The van der Waals surface area contributed by atoms with Crippen molar-refractivity contribution in [1.29, 1.82) is 0 Å². The van der Waals surface area contributed by atoms with E-state index in [2.05, 4.69) is 182 Å². The summed E-state index contributed by atoms with van der Waals surface area (Å²) in [6.07, 6.45) is 0. The van der Waals surface area contributed by atoms with E-state index >= 15 is 0 Å². The zero-order valence-electron chi connectivity index (χ0n) is 30.3. The van der Waals surface area contributed by atoms with E-state index in [1.54, 1.807) is 11.3 Å². The van der Waals surface area contributed by atoms with Crippen molar-refractivity contribution in [3.8, 4) is 39.5 Å². The summed E-state index contributed by atoms with van der Waals surface area (Å²) < 4.78 is 4.83. The SMILES string of the molecule is CC1(C)c2cc3c(cc2-c2ccc4ccccc4c21)c1ccccc1n3-c1ccc(-c2nc(-c3ccccc3)c3sc4ccccc4c3n2)c2ccccc12. The van der Waals surface area contributed by atoms with Crippen LogP contribution in [0.1, 0.15) is 25.0 Å². The molecule has 8 aromatic carbocycles. The molecule has 0 bridgehead atoms.